The van der Waals surface area contributed by atoms with Crippen molar-refractivity contribution in [2.45, 2.75) is 25.0 Å². The zero-order valence-electron chi connectivity index (χ0n) is 17.0. The first-order valence-corrected chi connectivity index (χ1v) is 10.2. The van der Waals surface area contributed by atoms with E-state index in [0.29, 0.717) is 0 Å². The van der Waals surface area contributed by atoms with Gasteiger partial charge in [0, 0.05) is 23.6 Å². The first kappa shape index (κ1) is 20.8. The smallest absolute Gasteiger partial charge is 0.230 e. The van der Waals surface area contributed by atoms with Crippen molar-refractivity contribution in [3.05, 3.63) is 66.0 Å². The molecule has 0 saturated heterocycles. The van der Waals surface area contributed by atoms with Crippen LogP contribution in [0.15, 0.2) is 60.0 Å². The Morgan fingerprint density at radius 1 is 1.17 bits per heavy atom. The molecule has 0 radical (unpaired) electrons. The van der Waals surface area contributed by atoms with Crippen molar-refractivity contribution in [1.29, 1.82) is 0 Å². The largest absolute Gasteiger partial charge is 0.497 e. The van der Waals surface area contributed by atoms with Crippen molar-refractivity contribution in [2.24, 2.45) is 0 Å². The molecule has 0 aliphatic rings. The molecule has 29 heavy (non-hydrogen) atoms. The second kappa shape index (κ2) is 9.52. The van der Waals surface area contributed by atoms with E-state index in [-0.39, 0.29) is 17.7 Å². The fourth-order valence-electron chi connectivity index (χ4n) is 3.02. The van der Waals surface area contributed by atoms with Gasteiger partial charge in [0.25, 0.3) is 0 Å². The van der Waals surface area contributed by atoms with Gasteiger partial charge in [-0.15, -0.1) is 0 Å². The van der Waals surface area contributed by atoms with E-state index in [1.165, 1.54) is 11.8 Å². The Morgan fingerprint density at radius 2 is 1.93 bits per heavy atom. The highest BCUT2D eigenvalue weighted by Gasteiger charge is 2.15. The number of rotatable bonds is 8. The van der Waals surface area contributed by atoms with Crippen LogP contribution in [0, 0.1) is 6.92 Å². The Labute approximate surface area is 175 Å². The number of aromatic nitrogens is 2. The predicted molar refractivity (Wildman–Crippen MR) is 115 cm³/mol. The molecule has 1 heterocycles. The molecular formula is C22H25N3O3S. The average Bonchev–Trinajstić information content (AvgIpc) is 3.21. The van der Waals surface area contributed by atoms with Gasteiger partial charge in [-0.05, 0) is 44.2 Å². The summed E-state index contributed by atoms with van der Waals surface area (Å²) in [4.78, 5) is 16.9. The minimum atomic E-state index is -0.153. The lowest BCUT2D eigenvalue weighted by Gasteiger charge is -2.18. The molecule has 1 atom stereocenters. The highest BCUT2D eigenvalue weighted by atomic mass is 32.2. The van der Waals surface area contributed by atoms with Gasteiger partial charge in [0.1, 0.15) is 11.5 Å². The van der Waals surface area contributed by atoms with Gasteiger partial charge in [-0.25, -0.2) is 4.98 Å². The monoisotopic (exact) mass is 411 g/mol. The zero-order valence-corrected chi connectivity index (χ0v) is 17.8. The lowest BCUT2D eigenvalue weighted by molar-refractivity contribution is -0.119. The van der Waals surface area contributed by atoms with Gasteiger partial charge in [-0.2, -0.15) is 0 Å². The summed E-state index contributed by atoms with van der Waals surface area (Å²) < 4.78 is 12.6. The maximum atomic E-state index is 12.5. The minimum Gasteiger partial charge on any atom is -0.497 e. The second-order valence-corrected chi connectivity index (χ2v) is 7.54. The van der Waals surface area contributed by atoms with Crippen LogP contribution in [-0.2, 0) is 4.79 Å². The van der Waals surface area contributed by atoms with E-state index in [0.717, 1.165) is 33.5 Å². The Bertz CT molecular complexity index is 970. The summed E-state index contributed by atoms with van der Waals surface area (Å²) in [5.41, 5.74) is 3.05. The predicted octanol–water partition coefficient (Wildman–Crippen LogP) is 4.17. The molecule has 152 valence electrons. The summed E-state index contributed by atoms with van der Waals surface area (Å²) in [6.45, 7) is 3.98. The van der Waals surface area contributed by atoms with Gasteiger partial charge in [0.05, 0.1) is 26.0 Å². The van der Waals surface area contributed by atoms with Crippen molar-refractivity contribution < 1.29 is 14.3 Å². The standard InChI is InChI=1S/C22H25N3O3S/c1-15-5-10-20(28-4)19(13-15)16(2)24-21(26)14-29-22-23-11-12-25(22)17-6-8-18(27-3)9-7-17/h5-13,16H,14H2,1-4H3,(H,24,26)/t16-/m1/s1. The number of amides is 1. The van der Waals surface area contributed by atoms with Crippen molar-refractivity contribution >= 4 is 17.7 Å². The fourth-order valence-corrected chi connectivity index (χ4v) is 3.80. The molecule has 0 fully saturated rings. The number of carbonyl (C=O) groups is 1. The first-order chi connectivity index (χ1) is 14.0. The molecule has 0 bridgehead atoms. The molecule has 0 saturated carbocycles. The molecule has 0 aliphatic carbocycles. The number of thioether (sulfide) groups is 1. The lowest BCUT2D eigenvalue weighted by atomic mass is 10.0. The number of benzene rings is 2. The third-order valence-corrected chi connectivity index (χ3v) is 5.49. The van der Waals surface area contributed by atoms with Crippen LogP contribution in [0.3, 0.4) is 0 Å². The Balaban J connectivity index is 1.63. The minimum absolute atomic E-state index is 0.0599. The van der Waals surface area contributed by atoms with Crippen LogP contribution < -0.4 is 14.8 Å². The molecule has 3 rings (SSSR count). The maximum absolute atomic E-state index is 12.5. The topological polar surface area (TPSA) is 65.4 Å². The Kier molecular flexibility index (Phi) is 6.82. The molecule has 1 aromatic heterocycles. The summed E-state index contributed by atoms with van der Waals surface area (Å²) >= 11 is 1.39. The number of nitrogens with zero attached hydrogens (tertiary/aromatic N) is 2. The highest BCUT2D eigenvalue weighted by Crippen LogP contribution is 2.27. The zero-order chi connectivity index (χ0) is 20.8. The number of hydrogen-bond acceptors (Lipinski definition) is 5. The van der Waals surface area contributed by atoms with Gasteiger partial charge < -0.3 is 14.8 Å². The summed E-state index contributed by atoms with van der Waals surface area (Å²) in [6, 6.07) is 13.5. The molecule has 0 aliphatic heterocycles. The molecule has 1 N–H and O–H groups in total. The second-order valence-electron chi connectivity index (χ2n) is 6.60. The molecule has 2 aromatic carbocycles. The number of hydrogen-bond donors (Lipinski definition) is 1. The highest BCUT2D eigenvalue weighted by molar-refractivity contribution is 7.99. The first-order valence-electron chi connectivity index (χ1n) is 9.26. The number of aryl methyl sites for hydroxylation is 1. The quantitative estimate of drug-likeness (QED) is 0.564. The molecular weight excluding hydrogens is 386 g/mol. The van der Waals surface area contributed by atoms with Gasteiger partial charge in [-0.3, -0.25) is 9.36 Å². The van der Waals surface area contributed by atoms with Crippen LogP contribution in [0.2, 0.25) is 0 Å². The van der Waals surface area contributed by atoms with E-state index in [9.17, 15) is 4.79 Å². The fraction of sp³-hybridized carbons (Fsp3) is 0.273. The number of nitrogens with one attached hydrogen (secondary N) is 1. The Hall–Kier alpha value is -2.93. The van der Waals surface area contributed by atoms with Crippen LogP contribution in [0.25, 0.3) is 5.69 Å². The molecule has 1 amide bonds. The van der Waals surface area contributed by atoms with E-state index >= 15 is 0 Å². The van der Waals surface area contributed by atoms with Crippen LogP contribution >= 0.6 is 11.8 Å². The number of ether oxygens (including phenoxy) is 2. The van der Waals surface area contributed by atoms with E-state index in [2.05, 4.69) is 10.3 Å². The van der Waals surface area contributed by atoms with Crippen molar-refractivity contribution in [3.63, 3.8) is 0 Å². The van der Waals surface area contributed by atoms with Crippen molar-refractivity contribution in [3.8, 4) is 17.2 Å². The summed E-state index contributed by atoms with van der Waals surface area (Å²) in [5, 5.41) is 3.80. The van der Waals surface area contributed by atoms with Crippen LogP contribution in [0.4, 0.5) is 0 Å². The van der Waals surface area contributed by atoms with E-state index < -0.39 is 0 Å². The Morgan fingerprint density at radius 3 is 2.62 bits per heavy atom. The number of carbonyl (C=O) groups excluding carboxylic acids is 1. The van der Waals surface area contributed by atoms with Crippen molar-refractivity contribution in [1.82, 2.24) is 14.9 Å². The molecule has 6 nitrogen and oxygen atoms in total. The molecule has 3 aromatic rings. The van der Waals surface area contributed by atoms with Crippen LogP contribution in [0.1, 0.15) is 24.1 Å². The maximum Gasteiger partial charge on any atom is 0.230 e. The molecule has 7 heteroatoms. The van der Waals surface area contributed by atoms with Crippen LogP contribution in [-0.4, -0.2) is 35.4 Å². The lowest BCUT2D eigenvalue weighted by Crippen LogP contribution is -2.28. The summed E-state index contributed by atoms with van der Waals surface area (Å²) in [6.07, 6.45) is 3.60. The summed E-state index contributed by atoms with van der Waals surface area (Å²) in [7, 11) is 3.27. The normalized spacial score (nSPS) is 11.7. The van der Waals surface area contributed by atoms with Gasteiger partial charge in [0.15, 0.2) is 5.16 Å². The van der Waals surface area contributed by atoms with Crippen LogP contribution in [0.5, 0.6) is 11.5 Å². The van der Waals surface area contributed by atoms with Gasteiger partial charge >= 0.3 is 0 Å². The average molecular weight is 412 g/mol. The molecule has 0 unspecified atom stereocenters. The molecule has 0 spiro atoms. The van der Waals surface area contributed by atoms with Gasteiger partial charge in [0.2, 0.25) is 5.91 Å². The van der Waals surface area contributed by atoms with E-state index in [1.807, 2.05) is 67.1 Å². The number of imidazole rings is 1. The van der Waals surface area contributed by atoms with Gasteiger partial charge in [-0.1, -0.05) is 29.5 Å². The van der Waals surface area contributed by atoms with E-state index in [4.69, 9.17) is 9.47 Å². The number of methoxy groups -OCH3 is 2. The SMILES string of the molecule is COc1ccc(-n2ccnc2SCC(=O)N[C@H](C)c2cc(C)ccc2OC)cc1. The summed E-state index contributed by atoms with van der Waals surface area (Å²) in [5.74, 6) is 1.77. The van der Waals surface area contributed by atoms with Crippen molar-refractivity contribution in [2.75, 3.05) is 20.0 Å². The third kappa shape index (κ3) is 5.12. The van der Waals surface area contributed by atoms with E-state index in [1.54, 1.807) is 20.4 Å². The third-order valence-electron chi connectivity index (χ3n) is 4.52.